The van der Waals surface area contributed by atoms with E-state index in [1.165, 1.54) is 4.31 Å². The van der Waals surface area contributed by atoms with Crippen molar-refractivity contribution < 1.29 is 17.9 Å². The van der Waals surface area contributed by atoms with E-state index in [-0.39, 0.29) is 17.6 Å². The zero-order valence-electron chi connectivity index (χ0n) is 19.0. The Kier molecular flexibility index (Phi) is 8.70. The van der Waals surface area contributed by atoms with E-state index in [2.05, 4.69) is 11.4 Å². The zero-order valence-corrected chi connectivity index (χ0v) is 19.9. The maximum atomic E-state index is 12.8. The molecule has 1 amide bonds. The van der Waals surface area contributed by atoms with Crippen molar-refractivity contribution in [3.8, 4) is 5.75 Å². The molecule has 0 unspecified atom stereocenters. The molecule has 1 aliphatic heterocycles. The lowest BCUT2D eigenvalue weighted by Crippen LogP contribution is -2.43. The van der Waals surface area contributed by atoms with E-state index in [0.717, 1.165) is 35.3 Å². The number of carbonyl (C=O) groups excluding carboxylic acids is 1. The molecule has 3 rings (SSSR count). The number of benzene rings is 2. The quantitative estimate of drug-likeness (QED) is 0.551. The van der Waals surface area contributed by atoms with Gasteiger partial charge in [0.2, 0.25) is 15.9 Å². The first kappa shape index (κ1) is 24.3. The van der Waals surface area contributed by atoms with Crippen LogP contribution >= 0.6 is 0 Å². The van der Waals surface area contributed by atoms with E-state index in [9.17, 15) is 13.2 Å². The Morgan fingerprint density at radius 3 is 2.41 bits per heavy atom. The molecule has 0 aromatic heterocycles. The van der Waals surface area contributed by atoms with Crippen LogP contribution in [0.4, 0.5) is 0 Å². The molecule has 0 radical (unpaired) electrons. The molecule has 7 heteroatoms. The predicted octanol–water partition coefficient (Wildman–Crippen LogP) is 3.68. The van der Waals surface area contributed by atoms with Gasteiger partial charge in [-0.25, -0.2) is 12.7 Å². The van der Waals surface area contributed by atoms with Crippen LogP contribution in [0.25, 0.3) is 0 Å². The fourth-order valence-corrected chi connectivity index (χ4v) is 5.76. The molecule has 2 aromatic rings. The number of amides is 1. The van der Waals surface area contributed by atoms with E-state index < -0.39 is 10.0 Å². The van der Waals surface area contributed by atoms with Crippen molar-refractivity contribution in [1.82, 2.24) is 9.62 Å². The van der Waals surface area contributed by atoms with Gasteiger partial charge < -0.3 is 10.1 Å². The van der Waals surface area contributed by atoms with Crippen molar-refractivity contribution in [1.29, 1.82) is 0 Å². The summed E-state index contributed by atoms with van der Waals surface area (Å²) in [6.07, 6.45) is 2.80. The lowest BCUT2D eigenvalue weighted by molar-refractivity contribution is -0.126. The number of piperidine rings is 1. The van der Waals surface area contributed by atoms with Crippen LogP contribution in [0.5, 0.6) is 5.75 Å². The molecule has 0 spiro atoms. The summed E-state index contributed by atoms with van der Waals surface area (Å²) in [5, 5.41) is 3.03. The van der Waals surface area contributed by atoms with Crippen molar-refractivity contribution in [2.75, 3.05) is 26.2 Å². The summed E-state index contributed by atoms with van der Waals surface area (Å²) in [5.41, 5.74) is 2.96. The number of rotatable bonds is 10. The van der Waals surface area contributed by atoms with Gasteiger partial charge in [0.15, 0.2) is 0 Å². The first-order valence-electron chi connectivity index (χ1n) is 11.4. The summed E-state index contributed by atoms with van der Waals surface area (Å²) in [6.45, 7) is 5.92. The highest BCUT2D eigenvalue weighted by atomic mass is 32.2. The number of aryl methyl sites for hydroxylation is 2. The molecule has 1 heterocycles. The number of carbonyl (C=O) groups is 1. The van der Waals surface area contributed by atoms with Gasteiger partial charge in [-0.2, -0.15) is 0 Å². The van der Waals surface area contributed by atoms with Crippen LogP contribution in [0.3, 0.4) is 0 Å². The molecule has 1 N–H and O–H groups in total. The number of ether oxygens (including phenoxy) is 1. The van der Waals surface area contributed by atoms with Gasteiger partial charge in [0.1, 0.15) is 5.75 Å². The second kappa shape index (κ2) is 11.5. The highest BCUT2D eigenvalue weighted by molar-refractivity contribution is 7.88. The van der Waals surface area contributed by atoms with Crippen molar-refractivity contribution >= 4 is 15.9 Å². The average molecular weight is 459 g/mol. The topological polar surface area (TPSA) is 75.7 Å². The number of hydrogen-bond acceptors (Lipinski definition) is 4. The van der Waals surface area contributed by atoms with E-state index in [1.807, 2.05) is 56.3 Å². The van der Waals surface area contributed by atoms with Gasteiger partial charge in [-0.15, -0.1) is 0 Å². The molecule has 2 aromatic carbocycles. The maximum absolute atomic E-state index is 12.8. The predicted molar refractivity (Wildman–Crippen MR) is 127 cm³/mol. The molecule has 0 aliphatic carbocycles. The Hall–Kier alpha value is -2.38. The monoisotopic (exact) mass is 458 g/mol. The minimum absolute atomic E-state index is 0.0136. The number of sulfonamides is 1. The summed E-state index contributed by atoms with van der Waals surface area (Å²) in [5.74, 6) is 0.815. The highest BCUT2D eigenvalue weighted by Gasteiger charge is 2.31. The summed E-state index contributed by atoms with van der Waals surface area (Å²) >= 11 is 0. The lowest BCUT2D eigenvalue weighted by Gasteiger charge is -2.30. The molecule has 0 bridgehead atoms. The largest absolute Gasteiger partial charge is 0.494 e. The van der Waals surface area contributed by atoms with Crippen molar-refractivity contribution in [3.63, 3.8) is 0 Å². The van der Waals surface area contributed by atoms with E-state index in [0.29, 0.717) is 39.1 Å². The van der Waals surface area contributed by atoms with Crippen molar-refractivity contribution in [2.45, 2.75) is 45.3 Å². The Morgan fingerprint density at radius 2 is 1.72 bits per heavy atom. The minimum atomic E-state index is -3.38. The van der Waals surface area contributed by atoms with Crippen LogP contribution in [-0.2, 0) is 27.0 Å². The Bertz CT molecular complexity index is 999. The van der Waals surface area contributed by atoms with E-state index >= 15 is 0 Å². The molecule has 174 valence electrons. The van der Waals surface area contributed by atoms with Gasteiger partial charge in [0, 0.05) is 25.6 Å². The fourth-order valence-electron chi connectivity index (χ4n) is 4.10. The SMILES string of the molecule is CCOc1ccccc1CCCNC(=O)C1CCN(S(=O)(=O)Cc2ccccc2C)CC1. The molecule has 1 fully saturated rings. The average Bonchev–Trinajstić information content (AvgIpc) is 2.79. The summed E-state index contributed by atoms with van der Waals surface area (Å²) in [4.78, 5) is 12.6. The molecular weight excluding hydrogens is 424 g/mol. The number of nitrogens with one attached hydrogen (secondary N) is 1. The van der Waals surface area contributed by atoms with Gasteiger partial charge >= 0.3 is 0 Å². The Balaban J connectivity index is 1.42. The van der Waals surface area contributed by atoms with Gasteiger partial charge in [-0.05, 0) is 62.3 Å². The van der Waals surface area contributed by atoms with Crippen LogP contribution < -0.4 is 10.1 Å². The zero-order chi connectivity index (χ0) is 23.0. The number of nitrogens with zero attached hydrogens (tertiary/aromatic N) is 1. The van der Waals surface area contributed by atoms with Crippen LogP contribution in [-0.4, -0.2) is 44.9 Å². The third kappa shape index (κ3) is 6.56. The van der Waals surface area contributed by atoms with Gasteiger partial charge in [-0.3, -0.25) is 4.79 Å². The lowest BCUT2D eigenvalue weighted by atomic mass is 9.97. The first-order valence-corrected chi connectivity index (χ1v) is 13.0. The van der Waals surface area contributed by atoms with Crippen molar-refractivity contribution in [2.24, 2.45) is 5.92 Å². The van der Waals surface area contributed by atoms with Crippen LogP contribution in [0.2, 0.25) is 0 Å². The molecule has 6 nitrogen and oxygen atoms in total. The Labute approximate surface area is 192 Å². The molecule has 1 saturated heterocycles. The van der Waals surface area contributed by atoms with Gasteiger partial charge in [0.25, 0.3) is 0 Å². The maximum Gasteiger partial charge on any atom is 0.223 e. The van der Waals surface area contributed by atoms with Crippen LogP contribution in [0.1, 0.15) is 42.9 Å². The Morgan fingerprint density at radius 1 is 1.06 bits per heavy atom. The second-order valence-corrected chi connectivity index (χ2v) is 10.3. The molecular formula is C25H34N2O4S. The standard InChI is InChI=1S/C25H34N2O4S/c1-3-31-24-13-7-6-10-21(24)12-8-16-26-25(28)22-14-17-27(18-15-22)32(29,30)19-23-11-5-4-9-20(23)2/h4-7,9-11,13,22H,3,8,12,14-19H2,1-2H3,(H,26,28). The normalized spacial score (nSPS) is 15.4. The molecule has 32 heavy (non-hydrogen) atoms. The second-order valence-electron chi connectivity index (χ2n) is 8.29. The third-order valence-corrected chi connectivity index (χ3v) is 7.84. The van der Waals surface area contributed by atoms with Crippen LogP contribution in [0.15, 0.2) is 48.5 Å². The molecule has 0 atom stereocenters. The summed E-state index contributed by atoms with van der Waals surface area (Å²) < 4.78 is 32.8. The molecule has 0 saturated carbocycles. The molecule has 1 aliphatic rings. The summed E-state index contributed by atoms with van der Waals surface area (Å²) in [7, 11) is -3.38. The van der Waals surface area contributed by atoms with Crippen LogP contribution in [0, 0.1) is 12.8 Å². The van der Waals surface area contributed by atoms with E-state index in [4.69, 9.17) is 4.74 Å². The smallest absolute Gasteiger partial charge is 0.223 e. The van der Waals surface area contributed by atoms with Crippen molar-refractivity contribution in [3.05, 3.63) is 65.2 Å². The van der Waals surface area contributed by atoms with Gasteiger partial charge in [0.05, 0.1) is 12.4 Å². The number of para-hydroxylation sites is 1. The minimum Gasteiger partial charge on any atom is -0.494 e. The third-order valence-electron chi connectivity index (χ3n) is 6.01. The van der Waals surface area contributed by atoms with E-state index in [1.54, 1.807) is 0 Å². The first-order chi connectivity index (χ1) is 15.4. The number of hydrogen-bond donors (Lipinski definition) is 1. The fraction of sp³-hybridized carbons (Fsp3) is 0.480. The van der Waals surface area contributed by atoms with Gasteiger partial charge in [-0.1, -0.05) is 42.5 Å². The highest BCUT2D eigenvalue weighted by Crippen LogP contribution is 2.23. The summed E-state index contributed by atoms with van der Waals surface area (Å²) in [6, 6.07) is 15.5.